The molecule has 36 heavy (non-hydrogen) atoms. The van der Waals surface area contributed by atoms with Crippen LogP contribution in [0.5, 0.6) is 11.5 Å². The highest BCUT2D eigenvalue weighted by molar-refractivity contribution is 5.79. The summed E-state index contributed by atoms with van der Waals surface area (Å²) in [5.41, 5.74) is 0.194. The molecule has 0 aliphatic carbocycles. The van der Waals surface area contributed by atoms with Gasteiger partial charge in [-0.3, -0.25) is 24.0 Å². The summed E-state index contributed by atoms with van der Waals surface area (Å²) in [6, 6.07) is 4.18. The lowest BCUT2D eigenvalue weighted by molar-refractivity contribution is -0.288. The summed E-state index contributed by atoms with van der Waals surface area (Å²) in [4.78, 5) is 58.3. The number of esters is 4. The summed E-state index contributed by atoms with van der Waals surface area (Å²) in [7, 11) is 0. The highest BCUT2D eigenvalue weighted by Crippen LogP contribution is 2.32. The van der Waals surface area contributed by atoms with E-state index in [1.165, 1.54) is 18.2 Å². The van der Waals surface area contributed by atoms with Crippen molar-refractivity contribution in [3.8, 4) is 23.8 Å². The molecule has 1 aliphatic heterocycles. The minimum Gasteiger partial charge on any atom is -0.480 e. The Balaban J connectivity index is 2.49. The Labute approximate surface area is 207 Å². The molecule has 0 bridgehead atoms. The van der Waals surface area contributed by atoms with Crippen molar-refractivity contribution in [2.75, 3.05) is 13.2 Å². The number of carbonyl (C=O) groups excluding carboxylic acids is 5. The molecule has 0 saturated carbocycles. The number of terminal acetylenes is 1. The third-order valence-corrected chi connectivity index (χ3v) is 4.62. The topological polar surface area (TPSA) is 150 Å². The van der Waals surface area contributed by atoms with Crippen LogP contribution in [-0.4, -0.2) is 74.1 Å². The first-order valence-electron chi connectivity index (χ1n) is 10.7. The van der Waals surface area contributed by atoms with Gasteiger partial charge in [0, 0.05) is 33.8 Å². The van der Waals surface area contributed by atoms with Crippen LogP contribution in [0.25, 0.3) is 0 Å². The lowest BCUT2D eigenvalue weighted by atomic mass is 9.98. The van der Waals surface area contributed by atoms with Gasteiger partial charge in [0.2, 0.25) is 12.4 Å². The van der Waals surface area contributed by atoms with Gasteiger partial charge < -0.3 is 33.2 Å². The van der Waals surface area contributed by atoms with Crippen molar-refractivity contribution in [1.82, 2.24) is 0 Å². The van der Waals surface area contributed by atoms with Crippen molar-refractivity contribution >= 4 is 30.2 Å². The minimum atomic E-state index is -1.44. The van der Waals surface area contributed by atoms with E-state index in [0.717, 1.165) is 27.7 Å². The molecule has 1 heterocycles. The average molecular weight is 506 g/mol. The summed E-state index contributed by atoms with van der Waals surface area (Å²) in [5.74, 6) is -0.456. The lowest BCUT2D eigenvalue weighted by Crippen LogP contribution is -2.63. The van der Waals surface area contributed by atoms with Gasteiger partial charge in [-0.1, -0.05) is 5.92 Å². The van der Waals surface area contributed by atoms with Crippen molar-refractivity contribution in [3.63, 3.8) is 0 Å². The van der Waals surface area contributed by atoms with Gasteiger partial charge in [0.05, 0.1) is 5.56 Å². The summed E-state index contributed by atoms with van der Waals surface area (Å²) in [5, 5.41) is 0. The summed E-state index contributed by atoms with van der Waals surface area (Å²) in [6.45, 7) is 3.97. The Morgan fingerprint density at radius 2 is 1.56 bits per heavy atom. The molecule has 0 N–H and O–H groups in total. The fourth-order valence-corrected chi connectivity index (χ4v) is 3.35. The number of ether oxygens (including phenoxy) is 7. The highest BCUT2D eigenvalue weighted by Gasteiger charge is 2.53. The van der Waals surface area contributed by atoms with Gasteiger partial charge in [-0.05, 0) is 12.1 Å². The van der Waals surface area contributed by atoms with Crippen molar-refractivity contribution in [1.29, 1.82) is 0 Å². The van der Waals surface area contributed by atoms with Gasteiger partial charge in [-0.15, -0.1) is 6.42 Å². The number of aldehydes is 1. The molecule has 0 unspecified atom stereocenters. The van der Waals surface area contributed by atoms with Crippen LogP contribution in [0.2, 0.25) is 0 Å². The van der Waals surface area contributed by atoms with Crippen LogP contribution in [0.1, 0.15) is 38.1 Å². The monoisotopic (exact) mass is 506 g/mol. The Morgan fingerprint density at radius 3 is 2.11 bits per heavy atom. The maximum Gasteiger partial charge on any atom is 0.303 e. The molecule has 1 saturated heterocycles. The smallest absolute Gasteiger partial charge is 0.303 e. The van der Waals surface area contributed by atoms with Crippen LogP contribution in [-0.2, 0) is 42.9 Å². The highest BCUT2D eigenvalue weighted by atomic mass is 16.7. The van der Waals surface area contributed by atoms with Gasteiger partial charge in [-0.25, -0.2) is 0 Å². The van der Waals surface area contributed by atoms with E-state index >= 15 is 0 Å². The number of carbonyl (C=O) groups is 5. The van der Waals surface area contributed by atoms with Gasteiger partial charge >= 0.3 is 23.9 Å². The van der Waals surface area contributed by atoms with Crippen molar-refractivity contribution in [2.45, 2.75) is 58.4 Å². The summed E-state index contributed by atoms with van der Waals surface area (Å²) in [6.07, 6.45) is -0.959. The van der Waals surface area contributed by atoms with Gasteiger partial charge in [0.15, 0.2) is 18.5 Å². The molecule has 0 amide bonds. The first-order valence-corrected chi connectivity index (χ1v) is 10.7. The van der Waals surface area contributed by atoms with Crippen molar-refractivity contribution in [2.24, 2.45) is 0 Å². The molecule has 1 aliphatic rings. The van der Waals surface area contributed by atoms with E-state index in [1.807, 2.05) is 0 Å². The van der Waals surface area contributed by atoms with Gasteiger partial charge in [-0.2, -0.15) is 0 Å². The standard InChI is InChI=1S/C24H26O12/c1-6-9-30-19-10-18(8-7-17(19)11-25)35-24-23(34-16(5)29)22(33-15(4)28)21(32-14(3)27)20(36-24)12-31-13(2)26/h1,7-8,10-11,20-24H,9,12H2,2-5H3/t20-,21-,22+,23-,24-/m1/s1. The van der Waals surface area contributed by atoms with Crippen molar-refractivity contribution < 1.29 is 57.1 Å². The zero-order chi connectivity index (χ0) is 26.8. The molecule has 12 heteroatoms. The van der Waals surface area contributed by atoms with E-state index in [-0.39, 0.29) is 23.7 Å². The van der Waals surface area contributed by atoms with Crippen LogP contribution >= 0.6 is 0 Å². The summed E-state index contributed by atoms with van der Waals surface area (Å²) >= 11 is 0. The van der Waals surface area contributed by atoms with Gasteiger partial charge in [0.1, 0.15) is 30.8 Å². The van der Waals surface area contributed by atoms with E-state index in [4.69, 9.17) is 39.6 Å². The molecule has 0 aromatic heterocycles. The fourth-order valence-electron chi connectivity index (χ4n) is 3.35. The third kappa shape index (κ3) is 7.99. The summed E-state index contributed by atoms with van der Waals surface area (Å²) < 4.78 is 38.1. The maximum absolute atomic E-state index is 11.9. The molecule has 194 valence electrons. The maximum atomic E-state index is 11.9. The van der Waals surface area contributed by atoms with E-state index in [1.54, 1.807) is 0 Å². The van der Waals surface area contributed by atoms with E-state index < -0.39 is 61.2 Å². The second kappa shape index (κ2) is 13.1. The molecule has 0 radical (unpaired) electrons. The second-order valence-electron chi connectivity index (χ2n) is 7.50. The number of hydrogen-bond acceptors (Lipinski definition) is 12. The fraction of sp³-hybridized carbons (Fsp3) is 0.458. The zero-order valence-corrected chi connectivity index (χ0v) is 20.1. The zero-order valence-electron chi connectivity index (χ0n) is 20.1. The van der Waals surface area contributed by atoms with Gasteiger partial charge in [0.25, 0.3) is 0 Å². The average Bonchev–Trinajstić information content (AvgIpc) is 2.79. The lowest BCUT2D eigenvalue weighted by Gasteiger charge is -2.43. The van der Waals surface area contributed by atoms with E-state index in [0.29, 0.717) is 6.29 Å². The molecule has 1 aromatic rings. The van der Waals surface area contributed by atoms with Crippen LogP contribution in [0.4, 0.5) is 0 Å². The molecular formula is C24H26O12. The normalized spacial score (nSPS) is 22.8. The molecule has 5 atom stereocenters. The number of hydrogen-bond donors (Lipinski definition) is 0. The quantitative estimate of drug-likeness (QED) is 0.193. The first kappa shape index (κ1) is 28.1. The minimum absolute atomic E-state index is 0.105. The Hall–Kier alpha value is -4.11. The van der Waals surface area contributed by atoms with Crippen molar-refractivity contribution in [3.05, 3.63) is 23.8 Å². The Kier molecular flexibility index (Phi) is 10.2. The SMILES string of the molecule is C#CCOc1cc(O[C@@H]2O[C@H](COC(C)=O)[C@@H](OC(C)=O)[C@H](OC(C)=O)[C@H]2OC(C)=O)ccc1C=O. The number of benzene rings is 1. The Morgan fingerprint density at radius 1 is 0.944 bits per heavy atom. The predicted octanol–water partition coefficient (Wildman–Crippen LogP) is 0.973. The largest absolute Gasteiger partial charge is 0.480 e. The number of rotatable bonds is 10. The molecule has 1 fully saturated rings. The third-order valence-electron chi connectivity index (χ3n) is 4.62. The Bertz CT molecular complexity index is 1030. The van der Waals surface area contributed by atoms with Crippen LogP contribution in [0.3, 0.4) is 0 Å². The molecule has 2 rings (SSSR count). The van der Waals surface area contributed by atoms with Crippen LogP contribution in [0, 0.1) is 12.3 Å². The molecular weight excluding hydrogens is 480 g/mol. The van der Waals surface area contributed by atoms with Crippen LogP contribution in [0.15, 0.2) is 18.2 Å². The first-order chi connectivity index (χ1) is 17.0. The molecule has 0 spiro atoms. The van der Waals surface area contributed by atoms with Crippen LogP contribution < -0.4 is 9.47 Å². The second-order valence-corrected chi connectivity index (χ2v) is 7.50. The predicted molar refractivity (Wildman–Crippen MR) is 119 cm³/mol. The molecule has 12 nitrogen and oxygen atoms in total. The van der Waals surface area contributed by atoms with E-state index in [9.17, 15) is 24.0 Å². The molecule has 1 aromatic carbocycles. The van der Waals surface area contributed by atoms with E-state index in [2.05, 4.69) is 5.92 Å².